The molecule has 0 spiro atoms. The van der Waals surface area contributed by atoms with Gasteiger partial charge in [0.15, 0.2) is 5.16 Å². The molecular weight excluding hydrogens is 380 g/mol. The van der Waals surface area contributed by atoms with Crippen molar-refractivity contribution in [2.75, 3.05) is 0 Å². The van der Waals surface area contributed by atoms with Crippen LogP contribution in [0.5, 0.6) is 0 Å². The number of benzene rings is 1. The van der Waals surface area contributed by atoms with Crippen molar-refractivity contribution in [3.05, 3.63) is 57.0 Å². The summed E-state index contributed by atoms with van der Waals surface area (Å²) in [5.41, 5.74) is 0.634. The van der Waals surface area contributed by atoms with Crippen molar-refractivity contribution in [1.82, 2.24) is 19.7 Å². The molecular formula is C16H11ClN4O2S2. The van der Waals surface area contributed by atoms with Crippen LogP contribution in [0, 0.1) is 0 Å². The van der Waals surface area contributed by atoms with Gasteiger partial charge in [-0.05, 0) is 23.6 Å². The Morgan fingerprint density at radius 1 is 1.28 bits per heavy atom. The second kappa shape index (κ2) is 6.62. The smallest absolute Gasteiger partial charge is 0.262 e. The molecule has 0 unspecified atom stereocenters. The average molecular weight is 391 g/mol. The lowest BCUT2D eigenvalue weighted by Gasteiger charge is -2.05. The Bertz CT molecular complexity index is 1120. The van der Waals surface area contributed by atoms with Gasteiger partial charge in [-0.2, -0.15) is 0 Å². The summed E-state index contributed by atoms with van der Waals surface area (Å²) in [6, 6.07) is 9.08. The van der Waals surface area contributed by atoms with Gasteiger partial charge in [-0.3, -0.25) is 9.36 Å². The average Bonchev–Trinajstić information content (AvgIpc) is 3.26. The van der Waals surface area contributed by atoms with Gasteiger partial charge in [0.25, 0.3) is 5.56 Å². The number of aromatic nitrogens is 4. The molecule has 126 valence electrons. The van der Waals surface area contributed by atoms with E-state index in [2.05, 4.69) is 15.2 Å². The van der Waals surface area contributed by atoms with Crippen molar-refractivity contribution in [2.45, 2.75) is 10.9 Å². The molecule has 9 heteroatoms. The normalized spacial score (nSPS) is 11.3. The van der Waals surface area contributed by atoms with Gasteiger partial charge in [0.2, 0.25) is 11.8 Å². The van der Waals surface area contributed by atoms with Gasteiger partial charge in [-0.1, -0.05) is 35.5 Å². The second-order valence-corrected chi connectivity index (χ2v) is 7.41. The predicted molar refractivity (Wildman–Crippen MR) is 99.2 cm³/mol. The van der Waals surface area contributed by atoms with Gasteiger partial charge in [0.05, 0.1) is 21.7 Å². The molecule has 0 bridgehead atoms. The van der Waals surface area contributed by atoms with E-state index in [9.17, 15) is 4.79 Å². The highest BCUT2D eigenvalue weighted by Gasteiger charge is 2.14. The molecule has 4 rings (SSSR count). The largest absolute Gasteiger partial charge is 0.420 e. The van der Waals surface area contributed by atoms with Gasteiger partial charge in [-0.25, -0.2) is 4.98 Å². The topological polar surface area (TPSA) is 73.8 Å². The molecule has 0 radical (unpaired) electrons. The number of hydrogen-bond donors (Lipinski definition) is 0. The highest BCUT2D eigenvalue weighted by molar-refractivity contribution is 7.98. The van der Waals surface area contributed by atoms with Crippen LogP contribution in [0.1, 0.15) is 5.89 Å². The van der Waals surface area contributed by atoms with Gasteiger partial charge < -0.3 is 4.42 Å². The highest BCUT2D eigenvalue weighted by atomic mass is 35.5. The number of fused-ring (bicyclic) bond motifs is 1. The first-order valence-electron chi connectivity index (χ1n) is 7.28. The van der Waals surface area contributed by atoms with E-state index in [4.69, 9.17) is 16.0 Å². The molecule has 0 fully saturated rings. The van der Waals surface area contributed by atoms with Crippen LogP contribution in [0.25, 0.3) is 21.7 Å². The van der Waals surface area contributed by atoms with Crippen LogP contribution in [0.3, 0.4) is 0 Å². The molecule has 4 aromatic rings. The number of hydrogen-bond acceptors (Lipinski definition) is 7. The first kappa shape index (κ1) is 16.3. The van der Waals surface area contributed by atoms with E-state index in [1.165, 1.54) is 27.7 Å². The molecule has 0 saturated heterocycles. The maximum atomic E-state index is 12.3. The van der Waals surface area contributed by atoms with Gasteiger partial charge >= 0.3 is 0 Å². The monoisotopic (exact) mass is 390 g/mol. The number of thioether (sulfide) groups is 1. The van der Waals surface area contributed by atoms with E-state index in [0.29, 0.717) is 38.7 Å². The Kier molecular flexibility index (Phi) is 4.32. The van der Waals surface area contributed by atoms with E-state index in [1.54, 1.807) is 19.2 Å². The minimum Gasteiger partial charge on any atom is -0.420 e. The quantitative estimate of drug-likeness (QED) is 0.387. The van der Waals surface area contributed by atoms with Crippen LogP contribution in [0.2, 0.25) is 5.02 Å². The standard InChI is InChI=1S/C16H11ClN4O2S2/c1-21-15(22)10-6-7-24-14(10)18-16(21)25-8-12-19-20-13(23-12)9-4-2-3-5-11(9)17/h2-7H,8H2,1H3. The number of rotatable bonds is 4. The molecule has 0 aliphatic carbocycles. The zero-order valence-corrected chi connectivity index (χ0v) is 15.4. The van der Waals surface area contributed by atoms with E-state index in [-0.39, 0.29) is 5.56 Å². The van der Waals surface area contributed by atoms with E-state index < -0.39 is 0 Å². The van der Waals surface area contributed by atoms with Crippen molar-refractivity contribution >= 4 is 44.9 Å². The first-order valence-corrected chi connectivity index (χ1v) is 9.52. The molecule has 0 aliphatic heterocycles. The minimum absolute atomic E-state index is 0.0592. The summed E-state index contributed by atoms with van der Waals surface area (Å²) in [7, 11) is 1.71. The lowest BCUT2D eigenvalue weighted by Crippen LogP contribution is -2.19. The Labute approximate surface area is 155 Å². The fourth-order valence-electron chi connectivity index (χ4n) is 2.29. The van der Waals surface area contributed by atoms with Crippen molar-refractivity contribution in [3.63, 3.8) is 0 Å². The van der Waals surface area contributed by atoms with Crippen molar-refractivity contribution in [3.8, 4) is 11.5 Å². The predicted octanol–water partition coefficient (Wildman–Crippen LogP) is 3.99. The Morgan fingerprint density at radius 2 is 2.12 bits per heavy atom. The van der Waals surface area contributed by atoms with Gasteiger partial charge in [0, 0.05) is 7.05 Å². The fraction of sp³-hybridized carbons (Fsp3) is 0.125. The molecule has 3 aromatic heterocycles. The van der Waals surface area contributed by atoms with E-state index in [1.807, 2.05) is 23.6 Å². The Morgan fingerprint density at radius 3 is 2.96 bits per heavy atom. The highest BCUT2D eigenvalue weighted by Crippen LogP contribution is 2.28. The molecule has 0 saturated carbocycles. The van der Waals surface area contributed by atoms with Gasteiger partial charge in [-0.15, -0.1) is 21.5 Å². The molecule has 0 aliphatic rings. The van der Waals surface area contributed by atoms with Crippen LogP contribution in [0.4, 0.5) is 0 Å². The zero-order valence-electron chi connectivity index (χ0n) is 13.0. The summed E-state index contributed by atoms with van der Waals surface area (Å²) in [5.74, 6) is 1.23. The third-order valence-corrected chi connectivity index (χ3v) is 5.71. The van der Waals surface area contributed by atoms with Crippen LogP contribution in [0.15, 0.2) is 50.1 Å². The molecule has 6 nitrogen and oxygen atoms in total. The van der Waals surface area contributed by atoms with Gasteiger partial charge in [0.1, 0.15) is 4.83 Å². The maximum absolute atomic E-state index is 12.3. The number of halogens is 1. The molecule has 0 atom stereocenters. The van der Waals surface area contributed by atoms with Crippen molar-refractivity contribution in [1.29, 1.82) is 0 Å². The summed E-state index contributed by atoms with van der Waals surface area (Å²) >= 11 is 8.96. The van der Waals surface area contributed by atoms with Crippen LogP contribution < -0.4 is 5.56 Å². The summed E-state index contributed by atoms with van der Waals surface area (Å²) in [6.07, 6.45) is 0. The fourth-order valence-corrected chi connectivity index (χ4v) is 4.12. The van der Waals surface area contributed by atoms with E-state index in [0.717, 1.165) is 4.83 Å². The summed E-state index contributed by atoms with van der Waals surface area (Å²) < 4.78 is 7.21. The third-order valence-electron chi connectivity index (χ3n) is 3.56. The lowest BCUT2D eigenvalue weighted by molar-refractivity contribution is 0.528. The van der Waals surface area contributed by atoms with Crippen LogP contribution in [-0.2, 0) is 12.8 Å². The lowest BCUT2D eigenvalue weighted by atomic mass is 10.2. The SMILES string of the molecule is Cn1c(SCc2nnc(-c3ccccc3Cl)o2)nc2sccc2c1=O. The number of nitrogens with zero attached hydrogens (tertiary/aromatic N) is 4. The van der Waals surface area contributed by atoms with Crippen molar-refractivity contribution < 1.29 is 4.42 Å². The molecule has 0 N–H and O–H groups in total. The first-order chi connectivity index (χ1) is 12.1. The molecule has 1 aromatic carbocycles. The zero-order chi connectivity index (χ0) is 17.4. The van der Waals surface area contributed by atoms with Crippen molar-refractivity contribution in [2.24, 2.45) is 7.05 Å². The Hall–Kier alpha value is -2.16. The summed E-state index contributed by atoms with van der Waals surface area (Å²) in [5, 5.41) is 11.7. The summed E-state index contributed by atoms with van der Waals surface area (Å²) in [4.78, 5) is 17.6. The third kappa shape index (κ3) is 3.08. The minimum atomic E-state index is -0.0592. The number of thiophene rings is 1. The van der Waals surface area contributed by atoms with Crippen LogP contribution >= 0.6 is 34.7 Å². The summed E-state index contributed by atoms with van der Waals surface area (Å²) in [6.45, 7) is 0. The van der Waals surface area contributed by atoms with Crippen LogP contribution in [-0.4, -0.2) is 19.7 Å². The molecule has 3 heterocycles. The van der Waals surface area contributed by atoms with E-state index >= 15 is 0 Å². The maximum Gasteiger partial charge on any atom is 0.262 e. The second-order valence-electron chi connectivity index (χ2n) is 5.17. The molecule has 25 heavy (non-hydrogen) atoms. The molecule has 0 amide bonds. The Balaban J connectivity index is 1.58.